The van der Waals surface area contributed by atoms with E-state index in [1.54, 1.807) is 19.2 Å². The zero-order valence-corrected chi connectivity index (χ0v) is 16.9. The lowest BCUT2D eigenvalue weighted by molar-refractivity contribution is -0.132. The Hall–Kier alpha value is -1.64. The summed E-state index contributed by atoms with van der Waals surface area (Å²) in [6.45, 7) is 6.44. The van der Waals surface area contributed by atoms with Crippen molar-refractivity contribution >= 4 is 15.9 Å². The van der Waals surface area contributed by atoms with Gasteiger partial charge in [0.15, 0.2) is 0 Å². The first-order chi connectivity index (χ1) is 12.3. The van der Waals surface area contributed by atoms with Gasteiger partial charge in [-0.25, -0.2) is 12.7 Å². The van der Waals surface area contributed by atoms with Gasteiger partial charge in [-0.3, -0.25) is 4.79 Å². The van der Waals surface area contributed by atoms with Gasteiger partial charge in [0.1, 0.15) is 5.75 Å². The number of carbonyl (C=O) groups is 1. The SMILES string of the molecule is CCN1CCN(C(=O)CCc2cc(S(=O)(=O)N(C)C)ccc2OC)CC1. The standard InChI is InChI=1S/C18H29N3O4S/c1-5-20-10-12-21(13-11-20)18(22)9-6-15-14-16(7-8-17(15)25-4)26(23,24)19(2)3/h7-8,14H,5-6,9-13H2,1-4H3. The fourth-order valence-electron chi connectivity index (χ4n) is 3.03. The minimum absolute atomic E-state index is 0.101. The van der Waals surface area contributed by atoms with Crippen molar-refractivity contribution in [3.63, 3.8) is 0 Å². The third-order valence-electron chi connectivity index (χ3n) is 4.81. The highest BCUT2D eigenvalue weighted by Crippen LogP contribution is 2.25. The molecule has 0 aromatic heterocycles. The fourth-order valence-corrected chi connectivity index (χ4v) is 3.99. The van der Waals surface area contributed by atoms with Gasteiger partial charge in [-0.05, 0) is 36.7 Å². The first kappa shape index (κ1) is 20.7. The zero-order chi connectivity index (χ0) is 19.3. The van der Waals surface area contributed by atoms with E-state index in [0.717, 1.165) is 38.3 Å². The topological polar surface area (TPSA) is 70.2 Å². The number of piperazine rings is 1. The second kappa shape index (κ2) is 8.83. The molecule has 1 aliphatic heterocycles. The summed E-state index contributed by atoms with van der Waals surface area (Å²) < 4.78 is 31.2. The molecule has 0 radical (unpaired) electrons. The normalized spacial score (nSPS) is 16.1. The predicted octanol–water partition coefficient (Wildman–Crippen LogP) is 1.04. The maximum absolute atomic E-state index is 12.5. The Labute approximate surface area is 156 Å². The molecule has 1 amide bonds. The molecule has 0 atom stereocenters. The Morgan fingerprint density at radius 3 is 2.38 bits per heavy atom. The van der Waals surface area contributed by atoms with E-state index in [1.165, 1.54) is 24.5 Å². The van der Waals surface area contributed by atoms with Crippen LogP contribution in [-0.2, 0) is 21.2 Å². The van der Waals surface area contributed by atoms with Crippen LogP contribution in [0, 0.1) is 0 Å². The van der Waals surface area contributed by atoms with Crippen LogP contribution in [0.3, 0.4) is 0 Å². The molecule has 0 bridgehead atoms. The van der Waals surface area contributed by atoms with Crippen LogP contribution >= 0.6 is 0 Å². The fraction of sp³-hybridized carbons (Fsp3) is 0.611. The Bertz CT molecular complexity index is 726. The molecule has 1 heterocycles. The number of ether oxygens (including phenoxy) is 1. The summed E-state index contributed by atoms with van der Waals surface area (Å²) in [5, 5.41) is 0. The Morgan fingerprint density at radius 1 is 1.19 bits per heavy atom. The van der Waals surface area contributed by atoms with Crippen molar-refractivity contribution < 1.29 is 17.9 Å². The van der Waals surface area contributed by atoms with E-state index in [2.05, 4.69) is 11.8 Å². The number of rotatable bonds is 7. The van der Waals surface area contributed by atoms with Gasteiger partial charge in [0, 0.05) is 46.7 Å². The molecular weight excluding hydrogens is 354 g/mol. The molecule has 1 aliphatic rings. The number of methoxy groups -OCH3 is 1. The summed E-state index contributed by atoms with van der Waals surface area (Å²) >= 11 is 0. The molecule has 0 unspecified atom stereocenters. The van der Waals surface area contributed by atoms with E-state index >= 15 is 0 Å². The van der Waals surface area contributed by atoms with E-state index in [9.17, 15) is 13.2 Å². The summed E-state index contributed by atoms with van der Waals surface area (Å²) in [5.74, 6) is 0.704. The van der Waals surface area contributed by atoms with Gasteiger partial charge in [0.25, 0.3) is 0 Å². The van der Waals surface area contributed by atoms with Gasteiger partial charge in [0.2, 0.25) is 15.9 Å². The molecule has 0 spiro atoms. The number of nitrogens with zero attached hydrogens (tertiary/aromatic N) is 3. The average Bonchev–Trinajstić information content (AvgIpc) is 2.65. The maximum atomic E-state index is 12.5. The van der Waals surface area contributed by atoms with Crippen molar-refractivity contribution in [1.29, 1.82) is 0 Å². The highest BCUT2D eigenvalue weighted by molar-refractivity contribution is 7.89. The summed E-state index contributed by atoms with van der Waals surface area (Å²) in [7, 11) is 1.03. The molecule has 1 fully saturated rings. The first-order valence-corrected chi connectivity index (χ1v) is 10.3. The molecule has 0 saturated carbocycles. The van der Waals surface area contributed by atoms with Gasteiger partial charge < -0.3 is 14.5 Å². The Morgan fingerprint density at radius 2 is 1.85 bits per heavy atom. The van der Waals surface area contributed by atoms with Crippen LogP contribution in [0.5, 0.6) is 5.75 Å². The van der Waals surface area contributed by atoms with Crippen molar-refractivity contribution in [3.05, 3.63) is 23.8 Å². The Balaban J connectivity index is 2.07. The second-order valence-corrected chi connectivity index (χ2v) is 8.73. The quantitative estimate of drug-likeness (QED) is 0.704. The minimum Gasteiger partial charge on any atom is -0.496 e. The maximum Gasteiger partial charge on any atom is 0.242 e. The number of benzene rings is 1. The number of carbonyl (C=O) groups excluding carboxylic acids is 1. The Kier molecular flexibility index (Phi) is 7.02. The average molecular weight is 384 g/mol. The molecular formula is C18H29N3O4S. The van der Waals surface area contributed by atoms with E-state index in [4.69, 9.17) is 4.74 Å². The van der Waals surface area contributed by atoms with Crippen molar-refractivity contribution in [2.75, 3.05) is 53.9 Å². The number of aryl methyl sites for hydroxylation is 1. The van der Waals surface area contributed by atoms with Crippen LogP contribution < -0.4 is 4.74 Å². The monoisotopic (exact) mass is 383 g/mol. The zero-order valence-electron chi connectivity index (χ0n) is 16.1. The van der Waals surface area contributed by atoms with Crippen LogP contribution in [-0.4, -0.2) is 82.4 Å². The highest BCUT2D eigenvalue weighted by Gasteiger charge is 2.22. The van der Waals surface area contributed by atoms with Crippen molar-refractivity contribution in [2.24, 2.45) is 0 Å². The summed E-state index contributed by atoms with van der Waals surface area (Å²) in [6.07, 6.45) is 0.792. The molecule has 1 aromatic carbocycles. The highest BCUT2D eigenvalue weighted by atomic mass is 32.2. The van der Waals surface area contributed by atoms with E-state index in [-0.39, 0.29) is 10.8 Å². The van der Waals surface area contributed by atoms with Crippen LogP contribution in [0.1, 0.15) is 18.9 Å². The first-order valence-electron chi connectivity index (χ1n) is 8.89. The van der Waals surface area contributed by atoms with Crippen LogP contribution in [0.2, 0.25) is 0 Å². The molecule has 0 N–H and O–H groups in total. The van der Waals surface area contributed by atoms with E-state index in [1.807, 2.05) is 4.90 Å². The number of hydrogen-bond donors (Lipinski definition) is 0. The van der Waals surface area contributed by atoms with Crippen LogP contribution in [0.4, 0.5) is 0 Å². The van der Waals surface area contributed by atoms with E-state index < -0.39 is 10.0 Å². The summed E-state index contributed by atoms with van der Waals surface area (Å²) in [5.41, 5.74) is 0.732. The molecule has 7 nitrogen and oxygen atoms in total. The van der Waals surface area contributed by atoms with Crippen LogP contribution in [0.25, 0.3) is 0 Å². The molecule has 2 rings (SSSR count). The van der Waals surface area contributed by atoms with Gasteiger partial charge in [-0.1, -0.05) is 6.92 Å². The lowest BCUT2D eigenvalue weighted by Gasteiger charge is -2.34. The number of sulfonamides is 1. The molecule has 1 aromatic rings. The minimum atomic E-state index is -3.52. The smallest absolute Gasteiger partial charge is 0.242 e. The summed E-state index contributed by atoms with van der Waals surface area (Å²) in [4.78, 5) is 16.9. The molecule has 8 heteroatoms. The van der Waals surface area contributed by atoms with Gasteiger partial charge in [0.05, 0.1) is 12.0 Å². The lowest BCUT2D eigenvalue weighted by atomic mass is 10.1. The molecule has 146 valence electrons. The third kappa shape index (κ3) is 4.75. The number of hydrogen-bond acceptors (Lipinski definition) is 5. The van der Waals surface area contributed by atoms with E-state index in [0.29, 0.717) is 18.6 Å². The predicted molar refractivity (Wildman–Crippen MR) is 101 cm³/mol. The van der Waals surface area contributed by atoms with Crippen LogP contribution in [0.15, 0.2) is 23.1 Å². The van der Waals surface area contributed by atoms with Gasteiger partial charge >= 0.3 is 0 Å². The largest absolute Gasteiger partial charge is 0.496 e. The third-order valence-corrected chi connectivity index (χ3v) is 6.62. The molecule has 0 aliphatic carbocycles. The molecule has 1 saturated heterocycles. The van der Waals surface area contributed by atoms with Gasteiger partial charge in [-0.15, -0.1) is 0 Å². The lowest BCUT2D eigenvalue weighted by Crippen LogP contribution is -2.48. The van der Waals surface area contributed by atoms with Crippen molar-refractivity contribution in [3.8, 4) is 5.75 Å². The van der Waals surface area contributed by atoms with Gasteiger partial charge in [-0.2, -0.15) is 0 Å². The molecule has 26 heavy (non-hydrogen) atoms. The second-order valence-electron chi connectivity index (χ2n) is 6.58. The van der Waals surface area contributed by atoms with Crippen molar-refractivity contribution in [1.82, 2.24) is 14.1 Å². The number of amides is 1. The number of likely N-dealkylation sites (N-methyl/N-ethyl adjacent to an activating group) is 1. The summed E-state index contributed by atoms with van der Waals surface area (Å²) in [6, 6.07) is 4.79. The van der Waals surface area contributed by atoms with Crippen molar-refractivity contribution in [2.45, 2.75) is 24.7 Å².